The van der Waals surface area contributed by atoms with E-state index in [4.69, 9.17) is 36.1 Å². The van der Waals surface area contributed by atoms with Crippen LogP contribution in [0.25, 0.3) is 0 Å². The third-order valence-electron chi connectivity index (χ3n) is 5.02. The van der Waals surface area contributed by atoms with Crippen LogP contribution in [0.4, 0.5) is 4.39 Å². The molecule has 0 rings (SSSR count). The van der Waals surface area contributed by atoms with Crippen LogP contribution >= 0.6 is 24.1 Å². The first-order valence-corrected chi connectivity index (χ1v) is 15.9. The number of hydrazine groups is 1. The molecule has 1 unspecified atom stereocenters. The van der Waals surface area contributed by atoms with Gasteiger partial charge in [-0.1, -0.05) is 40.5 Å². The molecule has 0 fully saturated rings. The van der Waals surface area contributed by atoms with Crippen molar-refractivity contribution in [2.45, 2.75) is 99.3 Å². The van der Waals surface area contributed by atoms with Gasteiger partial charge in [-0.3, -0.25) is 0 Å². The molecule has 42 heavy (non-hydrogen) atoms. The van der Waals surface area contributed by atoms with Crippen LogP contribution in [0.5, 0.6) is 0 Å². The second-order valence-electron chi connectivity index (χ2n) is 10.1. The number of ether oxygens (including phenoxy) is 1. The van der Waals surface area contributed by atoms with Crippen LogP contribution in [0, 0.1) is 5.41 Å². The highest BCUT2D eigenvalue weighted by Gasteiger charge is 2.54. The molecular formula is C28H52FN5O6S2. The molecule has 14 heteroatoms. The van der Waals surface area contributed by atoms with E-state index in [-0.39, 0.29) is 11.4 Å². The van der Waals surface area contributed by atoms with Crippen molar-refractivity contribution in [3.05, 3.63) is 35.4 Å². The number of rotatable bonds is 18. The Balaban J connectivity index is 0. The molecule has 8 N–H and O–H groups in total. The molecule has 0 aliphatic carbocycles. The molecule has 0 saturated carbocycles. The fraction of sp³-hybridized carbons (Fsp3) is 0.679. The van der Waals surface area contributed by atoms with Crippen molar-refractivity contribution in [1.82, 2.24) is 5.01 Å². The number of allylic oxidation sites excluding steroid dienone is 3. The van der Waals surface area contributed by atoms with E-state index in [1.807, 2.05) is 27.7 Å². The Morgan fingerprint density at radius 3 is 1.81 bits per heavy atom. The Bertz CT molecular complexity index is 897. The van der Waals surface area contributed by atoms with Gasteiger partial charge >= 0.3 is 17.9 Å². The van der Waals surface area contributed by atoms with Gasteiger partial charge in [0.15, 0.2) is 0 Å². The number of hydrogen-bond donors (Lipinski definition) is 4. The molecular weight excluding hydrogens is 585 g/mol. The van der Waals surface area contributed by atoms with Gasteiger partial charge in [0.1, 0.15) is 17.5 Å². The first-order valence-electron chi connectivity index (χ1n) is 14.0. The quantitative estimate of drug-likeness (QED) is 0.0236. The molecule has 0 bridgehead atoms. The Morgan fingerprint density at radius 2 is 1.40 bits per heavy atom. The first kappa shape index (κ1) is 41.6. The van der Waals surface area contributed by atoms with Gasteiger partial charge in [0.05, 0.1) is 30.6 Å². The molecule has 0 radical (unpaired) electrons. The topological polar surface area (TPSA) is 186 Å². The number of alkyl halides is 1. The van der Waals surface area contributed by atoms with Crippen molar-refractivity contribution < 1.29 is 31.9 Å². The lowest BCUT2D eigenvalue weighted by atomic mass is 9.79. The average molecular weight is 638 g/mol. The van der Waals surface area contributed by atoms with Crippen LogP contribution in [0.3, 0.4) is 0 Å². The van der Waals surface area contributed by atoms with Gasteiger partial charge in [-0.25, -0.2) is 24.6 Å². The zero-order valence-electron chi connectivity index (χ0n) is 26.4. The van der Waals surface area contributed by atoms with E-state index in [2.05, 4.69) is 0 Å². The summed E-state index contributed by atoms with van der Waals surface area (Å²) < 4.78 is 31.4. The first-order chi connectivity index (χ1) is 19.6. The molecule has 0 aliphatic rings. The highest BCUT2D eigenvalue weighted by molar-refractivity contribution is 7.95. The van der Waals surface area contributed by atoms with Crippen LogP contribution in [-0.2, 0) is 27.5 Å². The summed E-state index contributed by atoms with van der Waals surface area (Å²) >= 11 is 1.68. The molecule has 0 aromatic heterocycles. The normalized spacial score (nSPS) is 13.4. The summed E-state index contributed by atoms with van der Waals surface area (Å²) in [5.41, 5.74) is 14.2. The van der Waals surface area contributed by atoms with E-state index in [0.717, 1.165) is 61.0 Å². The third-order valence-corrected chi connectivity index (χ3v) is 6.47. The predicted molar refractivity (Wildman–Crippen MR) is 169 cm³/mol. The number of esters is 1. The van der Waals surface area contributed by atoms with Crippen molar-refractivity contribution in [3.63, 3.8) is 0 Å². The number of nitrogens with two attached hydrogens (primary N) is 4. The Kier molecular flexibility index (Phi) is 21.8. The highest BCUT2D eigenvalue weighted by atomic mass is 32.2. The van der Waals surface area contributed by atoms with Gasteiger partial charge in [-0.2, -0.15) is 0 Å². The van der Waals surface area contributed by atoms with Gasteiger partial charge in [0.2, 0.25) is 5.41 Å². The lowest BCUT2D eigenvalue weighted by molar-refractivity contribution is -0.158. The summed E-state index contributed by atoms with van der Waals surface area (Å²) in [6.07, 6.45) is 4.15. The maximum atomic E-state index is 15.6. The van der Waals surface area contributed by atoms with Crippen LogP contribution in [0.2, 0.25) is 0 Å². The lowest BCUT2D eigenvalue weighted by Crippen LogP contribution is -2.48. The number of carbonyl (C=O) groups is 3. The van der Waals surface area contributed by atoms with E-state index >= 15 is 4.39 Å². The SMILES string of the molecule is CC.CCCCSOC(=O)C(CC(F)CN(N)/C=C(\N)C(=O)OC(C)(C)C)(C(=O)OSCCCC)/C(N)=C/C=C(/C)N. The monoisotopic (exact) mass is 637 g/mol. The van der Waals surface area contributed by atoms with E-state index in [9.17, 15) is 14.4 Å². The molecule has 0 aromatic carbocycles. The molecule has 1 atom stereocenters. The fourth-order valence-corrected chi connectivity index (χ4v) is 4.43. The second kappa shape index (κ2) is 22.0. The minimum Gasteiger partial charge on any atom is -0.455 e. The molecule has 0 amide bonds. The van der Waals surface area contributed by atoms with Crippen molar-refractivity contribution >= 4 is 42.0 Å². The third kappa shape index (κ3) is 16.8. The lowest BCUT2D eigenvalue weighted by Gasteiger charge is -2.31. The van der Waals surface area contributed by atoms with Gasteiger partial charge in [-0.05, 0) is 52.7 Å². The minimum atomic E-state index is -2.34. The van der Waals surface area contributed by atoms with Gasteiger partial charge in [0.25, 0.3) is 0 Å². The highest BCUT2D eigenvalue weighted by Crippen LogP contribution is 2.37. The minimum absolute atomic E-state index is 0.311. The zero-order chi connectivity index (χ0) is 32.9. The van der Waals surface area contributed by atoms with Crippen LogP contribution in [-0.4, -0.2) is 52.7 Å². The largest absolute Gasteiger partial charge is 0.455 e. The summed E-state index contributed by atoms with van der Waals surface area (Å²) in [4.78, 5) is 39.0. The fourth-order valence-electron chi connectivity index (χ4n) is 2.95. The van der Waals surface area contributed by atoms with E-state index in [1.54, 1.807) is 27.7 Å². The van der Waals surface area contributed by atoms with Crippen LogP contribution in [0.15, 0.2) is 35.4 Å². The number of halogens is 1. The van der Waals surface area contributed by atoms with Crippen molar-refractivity contribution in [2.24, 2.45) is 28.5 Å². The zero-order valence-corrected chi connectivity index (χ0v) is 28.0. The molecule has 0 saturated heterocycles. The second-order valence-corrected chi connectivity index (χ2v) is 11.7. The van der Waals surface area contributed by atoms with E-state index in [1.165, 1.54) is 12.2 Å². The van der Waals surface area contributed by atoms with Gasteiger partial charge in [0, 0.05) is 35.5 Å². The average Bonchev–Trinajstić information content (AvgIpc) is 2.90. The molecule has 11 nitrogen and oxygen atoms in total. The van der Waals surface area contributed by atoms with Crippen LogP contribution in [0.1, 0.15) is 87.5 Å². The van der Waals surface area contributed by atoms with E-state index in [0.29, 0.717) is 17.2 Å². The standard InChI is InChI=1S/C26H46FN5O6S2.C2H6/c1-7-9-13-39-37-23(34)26(21(30)12-11-18(3)28,24(35)38-40-14-10-8-2)15-19(27)16-32(31)17-20(29)22(33)36-25(4,5)6;1-2/h11-12,17,19H,7-10,13-16,28-31H2,1-6H3;1-2H3/b18-11-,20-17-,21-12-;. The van der Waals surface area contributed by atoms with Gasteiger partial charge < -0.3 is 35.3 Å². The van der Waals surface area contributed by atoms with E-state index < -0.39 is 48.1 Å². The molecule has 0 aromatic rings. The van der Waals surface area contributed by atoms with Gasteiger partial charge in [-0.15, -0.1) is 0 Å². The summed E-state index contributed by atoms with van der Waals surface area (Å²) in [6.45, 7) is 13.9. The maximum absolute atomic E-state index is 15.6. The Hall–Kier alpha value is -2.58. The van der Waals surface area contributed by atoms with Crippen LogP contribution < -0.4 is 23.0 Å². The predicted octanol–water partition coefficient (Wildman–Crippen LogP) is 4.73. The van der Waals surface area contributed by atoms with Crippen molar-refractivity contribution in [3.8, 4) is 0 Å². The summed E-state index contributed by atoms with van der Waals surface area (Å²) in [5.74, 6) is 3.79. The summed E-state index contributed by atoms with van der Waals surface area (Å²) in [5, 5.41) is 0.821. The van der Waals surface area contributed by atoms with Crippen molar-refractivity contribution in [2.75, 3.05) is 18.1 Å². The summed E-state index contributed by atoms with van der Waals surface area (Å²) in [7, 11) is 0. The molecule has 0 spiro atoms. The number of unbranched alkanes of at least 4 members (excludes halogenated alkanes) is 2. The van der Waals surface area contributed by atoms with Crippen molar-refractivity contribution in [1.29, 1.82) is 0 Å². The number of carbonyl (C=O) groups excluding carboxylic acids is 3. The smallest absolute Gasteiger partial charge is 0.356 e. The molecule has 244 valence electrons. The number of nitrogens with zero attached hydrogens (tertiary/aromatic N) is 1. The summed E-state index contributed by atoms with van der Waals surface area (Å²) in [6, 6.07) is 0. The Labute approximate surface area is 259 Å². The molecule has 0 aliphatic heterocycles. The Morgan fingerprint density at radius 1 is 0.929 bits per heavy atom. The maximum Gasteiger partial charge on any atom is 0.356 e. The molecule has 0 heterocycles. The number of hydrogen-bond acceptors (Lipinski definition) is 13.